The lowest BCUT2D eigenvalue weighted by Crippen LogP contribution is -2.35. The summed E-state index contributed by atoms with van der Waals surface area (Å²) < 4.78 is 60.2. The number of piperidine rings is 1. The summed E-state index contributed by atoms with van der Waals surface area (Å²) in [4.78, 5) is 15.7. The highest BCUT2D eigenvalue weighted by Crippen LogP contribution is 2.26. The summed E-state index contributed by atoms with van der Waals surface area (Å²) in [7, 11) is 0. The van der Waals surface area contributed by atoms with Crippen molar-refractivity contribution in [1.82, 2.24) is 10.2 Å². The fourth-order valence-corrected chi connectivity index (χ4v) is 5.57. The molecule has 0 aliphatic carbocycles. The first-order valence-corrected chi connectivity index (χ1v) is 16.1. The topological polar surface area (TPSA) is 41.6 Å². The molecule has 1 aliphatic rings. The van der Waals surface area contributed by atoms with Gasteiger partial charge in [-0.25, -0.2) is 17.6 Å². The molecule has 0 saturated carbocycles. The molecule has 9 heteroatoms. The lowest BCUT2D eigenvalue weighted by molar-refractivity contribution is 0.0936. The zero-order valence-corrected chi connectivity index (χ0v) is 27.7. The molecule has 46 heavy (non-hydrogen) atoms. The summed E-state index contributed by atoms with van der Waals surface area (Å²) in [5.41, 5.74) is 2.97. The van der Waals surface area contributed by atoms with Crippen LogP contribution in [0.5, 0.6) is 5.75 Å². The van der Waals surface area contributed by atoms with Crippen molar-refractivity contribution in [3.05, 3.63) is 111 Å². The predicted octanol–water partition coefficient (Wildman–Crippen LogP) is 9.87. The second-order valence-corrected chi connectivity index (χ2v) is 11.7. The summed E-state index contributed by atoms with van der Waals surface area (Å²) in [5, 5.41) is 3.38. The zero-order valence-electron chi connectivity index (χ0n) is 26.9. The Morgan fingerprint density at radius 1 is 0.826 bits per heavy atom. The van der Waals surface area contributed by atoms with Gasteiger partial charge in [-0.2, -0.15) is 0 Å². The minimum absolute atomic E-state index is 0.330. The Morgan fingerprint density at radius 2 is 1.37 bits per heavy atom. The van der Waals surface area contributed by atoms with E-state index in [-0.39, 0.29) is 5.91 Å². The van der Waals surface area contributed by atoms with E-state index in [2.05, 4.69) is 10.2 Å². The van der Waals surface area contributed by atoms with E-state index in [1.165, 1.54) is 31.4 Å². The molecule has 3 aromatic carbocycles. The Balaban J connectivity index is 0.00000282. The van der Waals surface area contributed by atoms with Crippen LogP contribution in [-0.2, 0) is 0 Å². The SMILES string of the molecule is C/C(=C/c1ccc(F)c(F)c1)CC(C/C(C)=C\c1ccc(F)c(F)c1)NC(=O)c1ccc(OCCN2CCCCC2)c(Cl)c1.CC. The average molecular weight is 659 g/mol. The summed E-state index contributed by atoms with van der Waals surface area (Å²) in [6.45, 7) is 11.1. The minimum atomic E-state index is -0.947. The summed E-state index contributed by atoms with van der Waals surface area (Å²) in [6.07, 6.45) is 7.89. The Labute approximate surface area is 275 Å². The van der Waals surface area contributed by atoms with Crippen molar-refractivity contribution >= 4 is 29.7 Å². The zero-order chi connectivity index (χ0) is 33.6. The van der Waals surface area contributed by atoms with Crippen LogP contribution in [0.4, 0.5) is 17.6 Å². The van der Waals surface area contributed by atoms with Crippen molar-refractivity contribution in [2.45, 2.75) is 65.8 Å². The molecule has 0 atom stereocenters. The van der Waals surface area contributed by atoms with E-state index < -0.39 is 29.3 Å². The standard InChI is InChI=1S/C35H37ClF4N2O2.C2H6/c1-23(16-25-6-9-30(37)32(39)20-25)18-28(19-24(2)17-26-7-10-31(38)33(40)21-26)41-35(43)27-8-11-34(29(36)22-27)44-15-14-42-12-4-3-5-13-42;1-2/h6-11,16-17,20-22,28H,3-5,12-15,18-19H2,1-2H3,(H,41,43);1-2H3/b23-16-,24-17-;. The Kier molecular flexibility index (Phi) is 14.8. The molecule has 0 aromatic heterocycles. The van der Waals surface area contributed by atoms with Crippen molar-refractivity contribution < 1.29 is 27.1 Å². The normalized spacial score (nSPS) is 14.7. The van der Waals surface area contributed by atoms with Crippen molar-refractivity contribution in [2.75, 3.05) is 26.2 Å². The van der Waals surface area contributed by atoms with Crippen molar-refractivity contribution in [3.8, 4) is 5.75 Å². The van der Waals surface area contributed by atoms with Gasteiger partial charge in [0.1, 0.15) is 12.4 Å². The molecule has 1 N–H and O–H groups in total. The number of nitrogens with zero attached hydrogens (tertiary/aromatic N) is 1. The predicted molar refractivity (Wildman–Crippen MR) is 179 cm³/mol. The number of nitrogens with one attached hydrogen (secondary N) is 1. The third-order valence-electron chi connectivity index (χ3n) is 7.49. The number of hydrogen-bond acceptors (Lipinski definition) is 3. The lowest BCUT2D eigenvalue weighted by atomic mass is 9.97. The van der Waals surface area contributed by atoms with E-state index in [4.69, 9.17) is 16.3 Å². The molecule has 0 unspecified atom stereocenters. The van der Waals surface area contributed by atoms with Gasteiger partial charge in [0.25, 0.3) is 5.91 Å². The highest BCUT2D eigenvalue weighted by atomic mass is 35.5. The van der Waals surface area contributed by atoms with Crippen LogP contribution in [0.2, 0.25) is 5.02 Å². The van der Waals surface area contributed by atoms with Gasteiger partial charge in [-0.1, -0.05) is 67.3 Å². The van der Waals surface area contributed by atoms with Gasteiger partial charge >= 0.3 is 0 Å². The third-order valence-corrected chi connectivity index (χ3v) is 7.79. The van der Waals surface area contributed by atoms with Gasteiger partial charge in [0.05, 0.1) is 5.02 Å². The molecule has 3 aromatic rings. The van der Waals surface area contributed by atoms with Crippen LogP contribution < -0.4 is 10.1 Å². The Bertz CT molecular complexity index is 1450. The molecular formula is C37H43ClF4N2O2. The average Bonchev–Trinajstić information content (AvgIpc) is 3.03. The van der Waals surface area contributed by atoms with Crippen molar-refractivity contribution in [1.29, 1.82) is 0 Å². The van der Waals surface area contributed by atoms with Crippen LogP contribution in [0.1, 0.15) is 81.3 Å². The monoisotopic (exact) mass is 658 g/mol. The van der Waals surface area contributed by atoms with Gasteiger partial charge in [-0.15, -0.1) is 0 Å². The first-order chi connectivity index (χ1) is 22.1. The van der Waals surface area contributed by atoms with E-state index in [0.29, 0.717) is 46.9 Å². The number of carbonyl (C=O) groups is 1. The van der Waals surface area contributed by atoms with Crippen molar-refractivity contribution in [3.63, 3.8) is 0 Å². The molecule has 4 rings (SSSR count). The molecule has 1 amide bonds. The van der Waals surface area contributed by atoms with Crippen LogP contribution >= 0.6 is 11.6 Å². The maximum atomic E-state index is 13.8. The smallest absolute Gasteiger partial charge is 0.251 e. The highest BCUT2D eigenvalue weighted by Gasteiger charge is 2.18. The molecule has 1 heterocycles. The second kappa shape index (κ2) is 18.5. The molecule has 1 fully saturated rings. The van der Waals surface area contributed by atoms with E-state index in [1.807, 2.05) is 27.7 Å². The number of amides is 1. The lowest BCUT2D eigenvalue weighted by Gasteiger charge is -2.26. The summed E-state index contributed by atoms with van der Waals surface area (Å²) >= 11 is 6.48. The maximum absolute atomic E-state index is 13.8. The number of likely N-dealkylation sites (tertiary alicyclic amines) is 1. The van der Waals surface area contributed by atoms with Crippen LogP contribution in [0.25, 0.3) is 12.2 Å². The van der Waals surface area contributed by atoms with E-state index >= 15 is 0 Å². The Hall–Kier alpha value is -3.62. The number of carbonyl (C=O) groups excluding carboxylic acids is 1. The molecule has 248 valence electrons. The first-order valence-electron chi connectivity index (χ1n) is 15.8. The molecular weight excluding hydrogens is 616 g/mol. The number of hydrogen-bond donors (Lipinski definition) is 1. The Morgan fingerprint density at radius 3 is 1.87 bits per heavy atom. The fourth-order valence-electron chi connectivity index (χ4n) is 5.34. The largest absolute Gasteiger partial charge is 0.491 e. The van der Waals surface area contributed by atoms with E-state index in [9.17, 15) is 22.4 Å². The van der Waals surface area contributed by atoms with Gasteiger partial charge in [0.2, 0.25) is 0 Å². The van der Waals surface area contributed by atoms with Gasteiger partial charge in [0, 0.05) is 18.2 Å². The molecule has 1 saturated heterocycles. The second-order valence-electron chi connectivity index (χ2n) is 11.3. The van der Waals surface area contributed by atoms with Crippen molar-refractivity contribution in [2.24, 2.45) is 0 Å². The number of halogens is 5. The van der Waals surface area contributed by atoms with Gasteiger partial charge in [-0.05, 0) is 106 Å². The number of ether oxygens (including phenoxy) is 1. The molecule has 0 radical (unpaired) electrons. The first kappa shape index (κ1) is 36.8. The van der Waals surface area contributed by atoms with Crippen LogP contribution in [0.15, 0.2) is 65.7 Å². The van der Waals surface area contributed by atoms with Gasteiger partial charge in [0.15, 0.2) is 23.3 Å². The molecule has 4 nitrogen and oxygen atoms in total. The minimum Gasteiger partial charge on any atom is -0.491 e. The number of rotatable bonds is 12. The summed E-state index contributed by atoms with van der Waals surface area (Å²) in [5.74, 6) is -3.60. The molecule has 0 spiro atoms. The van der Waals surface area contributed by atoms with Crippen LogP contribution in [-0.4, -0.2) is 43.1 Å². The molecule has 0 bridgehead atoms. The van der Waals surface area contributed by atoms with E-state index in [1.54, 1.807) is 30.4 Å². The van der Waals surface area contributed by atoms with Gasteiger partial charge in [-0.3, -0.25) is 9.69 Å². The fraction of sp³-hybridized carbons (Fsp3) is 0.378. The third kappa shape index (κ3) is 11.6. The molecule has 1 aliphatic heterocycles. The highest BCUT2D eigenvalue weighted by molar-refractivity contribution is 6.32. The van der Waals surface area contributed by atoms with Gasteiger partial charge < -0.3 is 10.1 Å². The van der Waals surface area contributed by atoms with Crippen LogP contribution in [0, 0.1) is 23.3 Å². The maximum Gasteiger partial charge on any atom is 0.251 e. The number of benzene rings is 3. The van der Waals surface area contributed by atoms with E-state index in [0.717, 1.165) is 55.0 Å². The summed E-state index contributed by atoms with van der Waals surface area (Å²) in [6, 6.07) is 11.8. The van der Waals surface area contributed by atoms with Crippen LogP contribution in [0.3, 0.4) is 0 Å². The quantitative estimate of drug-likeness (QED) is 0.197.